The Morgan fingerprint density at radius 3 is 2.59 bits per heavy atom. The van der Waals surface area contributed by atoms with E-state index in [1.165, 1.54) is 0 Å². The Morgan fingerprint density at radius 1 is 1.35 bits per heavy atom. The summed E-state index contributed by atoms with van der Waals surface area (Å²) in [6, 6.07) is 9.44. The molecule has 0 spiro atoms. The molecule has 0 saturated carbocycles. The Labute approximate surface area is 98.8 Å². The Morgan fingerprint density at radius 2 is 2.00 bits per heavy atom. The van der Waals surface area contributed by atoms with E-state index in [9.17, 15) is 5.21 Å². The van der Waals surface area contributed by atoms with E-state index in [0.717, 1.165) is 12.1 Å². The van der Waals surface area contributed by atoms with Gasteiger partial charge in [0, 0.05) is 12.1 Å². The first-order chi connectivity index (χ1) is 8.09. The second-order valence-corrected chi connectivity index (χ2v) is 4.87. The van der Waals surface area contributed by atoms with Crippen LogP contribution < -0.4 is 9.80 Å². The molecule has 2 heterocycles. The number of anilines is 1. The molecule has 1 aliphatic rings. The highest BCUT2D eigenvalue weighted by atomic mass is 16.8. The number of nitrogens with zero attached hydrogens (tertiary/aromatic N) is 3. The molecule has 0 amide bonds. The molecule has 0 radical (unpaired) electrons. The fraction of sp³-hybridized carbons (Fsp3) is 0.333. The summed E-state index contributed by atoms with van der Waals surface area (Å²) in [5.41, 5.74) is 1.37. The lowest BCUT2D eigenvalue weighted by atomic mass is 10.1. The first kappa shape index (κ1) is 10.1. The zero-order chi connectivity index (χ0) is 12.0. The molecule has 5 nitrogen and oxygen atoms in total. The van der Waals surface area contributed by atoms with Gasteiger partial charge in [-0.05, 0) is 18.8 Å². The number of hydrogen-bond donors (Lipinski definition) is 0. The normalized spacial score (nSPS) is 17.2. The maximum absolute atomic E-state index is 11.6. The van der Waals surface area contributed by atoms with E-state index in [-0.39, 0.29) is 5.54 Å². The Bertz CT molecular complexity index is 548. The first-order valence-corrected chi connectivity index (χ1v) is 5.52. The van der Waals surface area contributed by atoms with Crippen LogP contribution in [0.4, 0.5) is 5.82 Å². The van der Waals surface area contributed by atoms with Crippen LogP contribution in [0.25, 0.3) is 11.3 Å². The zero-order valence-corrected chi connectivity index (χ0v) is 9.75. The van der Waals surface area contributed by atoms with E-state index in [1.807, 2.05) is 35.2 Å². The second kappa shape index (κ2) is 3.23. The van der Waals surface area contributed by atoms with Crippen molar-refractivity contribution in [1.82, 2.24) is 5.16 Å². The van der Waals surface area contributed by atoms with Crippen LogP contribution in [0.2, 0.25) is 0 Å². The predicted molar refractivity (Wildman–Crippen MR) is 62.3 cm³/mol. The standard InChI is InChI=1S/C12H13N3O2/c1-12(2)8-14(12)11-10(15(16)17-13-11)9-6-4-3-5-7-9/h3-7H,8H2,1-2H3. The van der Waals surface area contributed by atoms with Gasteiger partial charge < -0.3 is 10.1 Å². The van der Waals surface area contributed by atoms with E-state index in [2.05, 4.69) is 19.0 Å². The van der Waals surface area contributed by atoms with Crippen LogP contribution in [0.5, 0.6) is 0 Å². The van der Waals surface area contributed by atoms with E-state index in [4.69, 9.17) is 4.63 Å². The Kier molecular flexibility index (Phi) is 1.92. The third kappa shape index (κ3) is 1.54. The molecular weight excluding hydrogens is 218 g/mol. The SMILES string of the molecule is CC1(C)CN1c1no[n+]([O-])c1-c1ccccc1. The molecule has 0 N–H and O–H groups in total. The Hall–Kier alpha value is -2.04. The highest BCUT2D eigenvalue weighted by Gasteiger charge is 2.49. The van der Waals surface area contributed by atoms with Gasteiger partial charge >= 0.3 is 5.82 Å². The van der Waals surface area contributed by atoms with Gasteiger partial charge in [0.2, 0.25) is 0 Å². The average Bonchev–Trinajstić information content (AvgIpc) is 2.78. The van der Waals surface area contributed by atoms with Crippen molar-refractivity contribution < 1.29 is 9.53 Å². The summed E-state index contributed by atoms with van der Waals surface area (Å²) in [6.45, 7) is 5.09. The van der Waals surface area contributed by atoms with Crippen LogP contribution in [0.3, 0.4) is 0 Å². The molecule has 88 valence electrons. The van der Waals surface area contributed by atoms with E-state index >= 15 is 0 Å². The van der Waals surface area contributed by atoms with E-state index in [1.54, 1.807) is 0 Å². The van der Waals surface area contributed by atoms with Crippen LogP contribution in [0, 0.1) is 5.21 Å². The summed E-state index contributed by atoms with van der Waals surface area (Å²) in [5, 5.41) is 15.5. The molecule has 2 aromatic rings. The van der Waals surface area contributed by atoms with E-state index in [0.29, 0.717) is 16.4 Å². The van der Waals surface area contributed by atoms with Crippen LogP contribution >= 0.6 is 0 Å². The molecular formula is C12H13N3O2. The third-order valence-electron chi connectivity index (χ3n) is 3.07. The fourth-order valence-corrected chi connectivity index (χ4v) is 1.96. The molecule has 3 rings (SSSR count). The summed E-state index contributed by atoms with van der Waals surface area (Å²) < 4.78 is 4.71. The monoisotopic (exact) mass is 231 g/mol. The van der Waals surface area contributed by atoms with Crippen molar-refractivity contribution in [2.75, 3.05) is 11.4 Å². The number of rotatable bonds is 2. The lowest BCUT2D eigenvalue weighted by molar-refractivity contribution is -0.793. The van der Waals surface area contributed by atoms with Gasteiger partial charge in [0.1, 0.15) is 0 Å². The Balaban J connectivity index is 2.08. The van der Waals surface area contributed by atoms with Gasteiger partial charge in [0.15, 0.2) is 0 Å². The molecule has 0 atom stereocenters. The summed E-state index contributed by atoms with van der Waals surface area (Å²) in [6.07, 6.45) is 0. The first-order valence-electron chi connectivity index (χ1n) is 5.52. The number of hydrogen-bond acceptors (Lipinski definition) is 4. The van der Waals surface area contributed by atoms with Crippen LogP contribution in [-0.4, -0.2) is 17.2 Å². The molecule has 1 saturated heterocycles. The minimum absolute atomic E-state index is 0.0629. The molecule has 0 bridgehead atoms. The minimum Gasteiger partial charge on any atom is -0.359 e. The van der Waals surface area contributed by atoms with Crippen molar-refractivity contribution >= 4 is 5.82 Å². The lowest BCUT2D eigenvalue weighted by Gasteiger charge is -2.03. The quantitative estimate of drug-likeness (QED) is 0.581. The van der Waals surface area contributed by atoms with Gasteiger partial charge in [-0.3, -0.25) is 4.63 Å². The van der Waals surface area contributed by atoms with Crippen molar-refractivity contribution in [2.24, 2.45) is 0 Å². The molecule has 0 aliphatic carbocycles. The summed E-state index contributed by atoms with van der Waals surface area (Å²) in [4.78, 5) is 2.52. The molecule has 1 aromatic heterocycles. The topological polar surface area (TPSA) is 56.0 Å². The van der Waals surface area contributed by atoms with Gasteiger partial charge in [-0.15, -0.1) is 0 Å². The predicted octanol–water partition coefficient (Wildman–Crippen LogP) is 1.57. The van der Waals surface area contributed by atoms with E-state index < -0.39 is 0 Å². The van der Waals surface area contributed by atoms with Gasteiger partial charge in [-0.2, -0.15) is 0 Å². The second-order valence-electron chi connectivity index (χ2n) is 4.87. The third-order valence-corrected chi connectivity index (χ3v) is 3.07. The molecule has 0 unspecified atom stereocenters. The van der Waals surface area contributed by atoms with Gasteiger partial charge in [-0.1, -0.05) is 30.3 Å². The molecule has 1 fully saturated rings. The molecule has 17 heavy (non-hydrogen) atoms. The van der Waals surface area contributed by atoms with Crippen molar-refractivity contribution in [3.63, 3.8) is 0 Å². The van der Waals surface area contributed by atoms with Crippen LogP contribution in [0.15, 0.2) is 35.0 Å². The summed E-state index contributed by atoms with van der Waals surface area (Å²) >= 11 is 0. The van der Waals surface area contributed by atoms with Gasteiger partial charge in [0.25, 0.3) is 5.69 Å². The minimum atomic E-state index is 0.0629. The van der Waals surface area contributed by atoms with Gasteiger partial charge in [-0.25, -0.2) is 0 Å². The zero-order valence-electron chi connectivity index (χ0n) is 9.75. The highest BCUT2D eigenvalue weighted by Crippen LogP contribution is 2.39. The molecule has 1 aromatic carbocycles. The van der Waals surface area contributed by atoms with Crippen molar-refractivity contribution in [1.29, 1.82) is 0 Å². The average molecular weight is 231 g/mol. The fourth-order valence-electron chi connectivity index (χ4n) is 1.96. The van der Waals surface area contributed by atoms with Crippen molar-refractivity contribution in [2.45, 2.75) is 19.4 Å². The lowest BCUT2D eigenvalue weighted by Crippen LogP contribution is -2.25. The highest BCUT2D eigenvalue weighted by molar-refractivity contribution is 5.72. The maximum atomic E-state index is 11.6. The molecule has 5 heteroatoms. The molecule has 1 aliphatic heterocycles. The summed E-state index contributed by atoms with van der Waals surface area (Å²) in [5.74, 6) is 0.621. The maximum Gasteiger partial charge on any atom is 0.318 e. The van der Waals surface area contributed by atoms with Crippen molar-refractivity contribution in [3.8, 4) is 11.3 Å². The summed E-state index contributed by atoms with van der Waals surface area (Å²) in [7, 11) is 0. The van der Waals surface area contributed by atoms with Crippen LogP contribution in [0.1, 0.15) is 13.8 Å². The largest absolute Gasteiger partial charge is 0.359 e. The number of aromatic nitrogens is 2. The van der Waals surface area contributed by atoms with Crippen LogP contribution in [-0.2, 0) is 0 Å². The number of benzene rings is 1. The van der Waals surface area contributed by atoms with Gasteiger partial charge in [0.05, 0.1) is 10.7 Å². The van der Waals surface area contributed by atoms with Crippen molar-refractivity contribution in [3.05, 3.63) is 35.5 Å². The smallest absolute Gasteiger partial charge is 0.318 e.